The van der Waals surface area contributed by atoms with E-state index >= 15 is 0 Å². The van der Waals surface area contributed by atoms with Crippen molar-refractivity contribution in [2.24, 2.45) is 0 Å². The van der Waals surface area contributed by atoms with E-state index < -0.39 is 0 Å². The van der Waals surface area contributed by atoms with Crippen molar-refractivity contribution in [1.82, 2.24) is 9.78 Å². The van der Waals surface area contributed by atoms with Gasteiger partial charge in [-0.05, 0) is 78.0 Å². The molecule has 1 aliphatic heterocycles. The summed E-state index contributed by atoms with van der Waals surface area (Å²) in [6, 6.07) is 8.80. The Kier molecular flexibility index (Phi) is 9.63. The average molecular weight is 469 g/mol. The van der Waals surface area contributed by atoms with Crippen LogP contribution >= 0.6 is 0 Å². The third-order valence-corrected chi connectivity index (χ3v) is 6.38. The normalized spacial score (nSPS) is 18.5. The lowest BCUT2D eigenvalue weighted by Gasteiger charge is -2.30. The molecule has 5 nitrogen and oxygen atoms in total. The smallest absolute Gasteiger partial charge is 0.119 e. The second-order valence-electron chi connectivity index (χ2n) is 10.2. The molecule has 0 spiro atoms. The van der Waals surface area contributed by atoms with Crippen molar-refractivity contribution < 1.29 is 14.2 Å². The Morgan fingerprint density at radius 2 is 1.85 bits per heavy atom. The molecule has 1 fully saturated rings. The zero-order chi connectivity index (χ0) is 24.7. The van der Waals surface area contributed by atoms with Gasteiger partial charge in [0.05, 0.1) is 29.8 Å². The predicted octanol–water partition coefficient (Wildman–Crippen LogP) is 6.96. The van der Waals surface area contributed by atoms with E-state index in [4.69, 9.17) is 19.3 Å². The van der Waals surface area contributed by atoms with Gasteiger partial charge in [0, 0.05) is 36.6 Å². The summed E-state index contributed by atoms with van der Waals surface area (Å²) >= 11 is 0. The van der Waals surface area contributed by atoms with Crippen molar-refractivity contribution in [3.63, 3.8) is 0 Å². The summed E-state index contributed by atoms with van der Waals surface area (Å²) in [5.74, 6) is 1.78. The van der Waals surface area contributed by atoms with Crippen molar-refractivity contribution in [1.29, 1.82) is 0 Å². The molecule has 0 bridgehead atoms. The van der Waals surface area contributed by atoms with Gasteiger partial charge in [-0.3, -0.25) is 4.68 Å². The fourth-order valence-electron chi connectivity index (χ4n) is 4.70. The average Bonchev–Trinajstić information content (AvgIpc) is 3.09. The summed E-state index contributed by atoms with van der Waals surface area (Å²) in [5, 5.41) is 5.05. The summed E-state index contributed by atoms with van der Waals surface area (Å²) in [5.41, 5.74) is 5.01. The molecule has 0 unspecified atom stereocenters. The Balaban J connectivity index is 1.71. The lowest BCUT2D eigenvalue weighted by atomic mass is 9.96. The highest BCUT2D eigenvalue weighted by Crippen LogP contribution is 2.28. The lowest BCUT2D eigenvalue weighted by molar-refractivity contribution is -0.0770. The van der Waals surface area contributed by atoms with Crippen LogP contribution in [0.3, 0.4) is 0 Å². The number of benzene rings is 1. The van der Waals surface area contributed by atoms with Crippen LogP contribution in [0.2, 0.25) is 0 Å². The monoisotopic (exact) mass is 468 g/mol. The number of ether oxygens (including phenoxy) is 3. The molecule has 5 heteroatoms. The van der Waals surface area contributed by atoms with Crippen molar-refractivity contribution >= 4 is 0 Å². The van der Waals surface area contributed by atoms with Crippen LogP contribution in [-0.2, 0) is 22.3 Å². The van der Waals surface area contributed by atoms with Gasteiger partial charge >= 0.3 is 0 Å². The molecule has 0 saturated carbocycles. The van der Waals surface area contributed by atoms with Crippen LogP contribution in [0.25, 0.3) is 0 Å². The zero-order valence-corrected chi connectivity index (χ0v) is 22.1. The van der Waals surface area contributed by atoms with Gasteiger partial charge in [0.15, 0.2) is 0 Å². The number of nitrogens with zero attached hydrogens (tertiary/aromatic N) is 2. The van der Waals surface area contributed by atoms with Crippen LogP contribution in [-0.4, -0.2) is 34.7 Å². The molecule has 0 amide bonds. The number of allylic oxidation sites excluding steroid dienone is 1. The number of hydrogen-bond acceptors (Lipinski definition) is 4. The molecular formula is C29H44N2O3. The molecule has 188 valence electrons. The van der Waals surface area contributed by atoms with E-state index in [9.17, 15) is 0 Å². The van der Waals surface area contributed by atoms with Gasteiger partial charge in [0.2, 0.25) is 0 Å². The lowest BCUT2D eigenvalue weighted by Crippen LogP contribution is -2.32. The first-order valence-corrected chi connectivity index (χ1v) is 13.0. The van der Waals surface area contributed by atoms with Gasteiger partial charge in [0.1, 0.15) is 12.4 Å². The minimum Gasteiger partial charge on any atom is -0.496 e. The maximum absolute atomic E-state index is 6.45. The first kappa shape index (κ1) is 26.3. The maximum Gasteiger partial charge on any atom is 0.119 e. The standard InChI is InChI=1S/C29H44N2O3/c1-8-10-22(6)32-19-27-12-9-11-26(34-27)18-29-28(23(7)31(30-29)20(2)3)17-24-13-15-25(16-14-24)33-21(4)5/h13-16,20-21,26-27H,6,8-12,17-19H2,1-5,7H3/t26-,27+/m1/s1. The van der Waals surface area contributed by atoms with Crippen LogP contribution in [0, 0.1) is 6.92 Å². The molecule has 2 atom stereocenters. The van der Waals surface area contributed by atoms with E-state index in [2.05, 4.69) is 77.1 Å². The molecule has 1 aliphatic rings. The summed E-state index contributed by atoms with van der Waals surface area (Å²) < 4.78 is 20.3. The SMILES string of the molecule is C=C(CCC)OC[C@@H]1CCC[C@H](Cc2nn(C(C)C)c(C)c2Cc2ccc(OC(C)C)cc2)O1. The minimum absolute atomic E-state index is 0.137. The van der Waals surface area contributed by atoms with E-state index in [1.54, 1.807) is 0 Å². The Labute approximate surface area is 206 Å². The van der Waals surface area contributed by atoms with Crippen LogP contribution in [0.15, 0.2) is 36.6 Å². The molecule has 34 heavy (non-hydrogen) atoms. The largest absolute Gasteiger partial charge is 0.496 e. The van der Waals surface area contributed by atoms with Crippen LogP contribution in [0.1, 0.15) is 95.3 Å². The van der Waals surface area contributed by atoms with E-state index in [1.165, 1.54) is 16.8 Å². The van der Waals surface area contributed by atoms with Crippen molar-refractivity contribution in [2.45, 2.75) is 111 Å². The number of rotatable bonds is 12. The fourth-order valence-corrected chi connectivity index (χ4v) is 4.70. The Morgan fingerprint density at radius 1 is 1.15 bits per heavy atom. The van der Waals surface area contributed by atoms with Gasteiger partial charge in [-0.2, -0.15) is 5.10 Å². The maximum atomic E-state index is 6.45. The highest BCUT2D eigenvalue weighted by molar-refractivity contribution is 5.35. The molecular weight excluding hydrogens is 424 g/mol. The summed E-state index contributed by atoms with van der Waals surface area (Å²) in [7, 11) is 0. The summed E-state index contributed by atoms with van der Waals surface area (Å²) in [4.78, 5) is 0. The van der Waals surface area contributed by atoms with Gasteiger partial charge in [0.25, 0.3) is 0 Å². The van der Waals surface area contributed by atoms with Gasteiger partial charge in [-0.15, -0.1) is 0 Å². The quantitative estimate of drug-likeness (QED) is 0.316. The van der Waals surface area contributed by atoms with Gasteiger partial charge in [-0.25, -0.2) is 0 Å². The zero-order valence-electron chi connectivity index (χ0n) is 22.1. The van der Waals surface area contributed by atoms with Gasteiger partial charge < -0.3 is 14.2 Å². The third-order valence-electron chi connectivity index (χ3n) is 6.38. The van der Waals surface area contributed by atoms with Crippen LogP contribution in [0.5, 0.6) is 5.75 Å². The minimum atomic E-state index is 0.137. The Hall–Kier alpha value is -2.27. The Morgan fingerprint density at radius 3 is 2.50 bits per heavy atom. The number of hydrogen-bond donors (Lipinski definition) is 0. The fraction of sp³-hybridized carbons (Fsp3) is 0.621. The van der Waals surface area contributed by atoms with Crippen molar-refractivity contribution in [3.8, 4) is 5.75 Å². The summed E-state index contributed by atoms with van der Waals surface area (Å²) in [6.45, 7) is 17.4. The molecule has 1 aromatic heterocycles. The number of aromatic nitrogens is 2. The molecule has 3 rings (SSSR count). The topological polar surface area (TPSA) is 45.5 Å². The molecule has 0 aliphatic carbocycles. The molecule has 0 N–H and O–H groups in total. The second kappa shape index (κ2) is 12.4. The van der Waals surface area contributed by atoms with Crippen molar-refractivity contribution in [3.05, 3.63) is 59.1 Å². The molecule has 1 aromatic carbocycles. The van der Waals surface area contributed by atoms with Crippen LogP contribution in [0.4, 0.5) is 0 Å². The van der Waals surface area contributed by atoms with E-state index in [-0.39, 0.29) is 18.3 Å². The second-order valence-corrected chi connectivity index (χ2v) is 10.2. The highest BCUT2D eigenvalue weighted by Gasteiger charge is 2.26. The molecule has 2 aromatic rings. The predicted molar refractivity (Wildman–Crippen MR) is 139 cm³/mol. The van der Waals surface area contributed by atoms with Crippen molar-refractivity contribution in [2.75, 3.05) is 6.61 Å². The summed E-state index contributed by atoms with van der Waals surface area (Å²) in [6.07, 6.45) is 7.46. The van der Waals surface area contributed by atoms with E-state index in [0.717, 1.165) is 62.1 Å². The first-order valence-electron chi connectivity index (χ1n) is 13.0. The molecule has 0 radical (unpaired) electrons. The highest BCUT2D eigenvalue weighted by atomic mass is 16.5. The van der Waals surface area contributed by atoms with E-state index in [0.29, 0.717) is 12.6 Å². The molecule has 2 heterocycles. The Bertz CT molecular complexity index is 914. The molecule has 1 saturated heterocycles. The van der Waals surface area contributed by atoms with Crippen LogP contribution < -0.4 is 4.74 Å². The first-order chi connectivity index (χ1) is 16.3. The van der Waals surface area contributed by atoms with Gasteiger partial charge in [-0.1, -0.05) is 25.6 Å². The third kappa shape index (κ3) is 7.36. The van der Waals surface area contributed by atoms with E-state index in [1.807, 2.05) is 0 Å².